The molecule has 0 aliphatic rings. The van der Waals surface area contributed by atoms with Crippen molar-refractivity contribution in [2.24, 2.45) is 0 Å². The van der Waals surface area contributed by atoms with Crippen LogP contribution in [0.15, 0.2) is 30.3 Å². The van der Waals surface area contributed by atoms with Gasteiger partial charge in [-0.25, -0.2) is 0 Å². The third-order valence-electron chi connectivity index (χ3n) is 2.31. The molecule has 0 saturated carbocycles. The van der Waals surface area contributed by atoms with Crippen molar-refractivity contribution < 1.29 is 9.22 Å². The second-order valence-corrected chi connectivity index (χ2v) is 6.56. The highest BCUT2D eigenvalue weighted by Gasteiger charge is 2.05. The molecule has 3 heteroatoms. The number of hydrogen-bond acceptors (Lipinski definition) is 2. The van der Waals surface area contributed by atoms with Crippen LogP contribution in [0.25, 0.3) is 0 Å². The zero-order valence-electron chi connectivity index (χ0n) is 10.1. The Hall–Kier alpha value is -1.09. The summed E-state index contributed by atoms with van der Waals surface area (Å²) >= 11 is 0. The third kappa shape index (κ3) is 5.71. The Bertz CT molecular complexity index is 309. The van der Waals surface area contributed by atoms with Crippen LogP contribution in [0.4, 0.5) is 0 Å². The van der Waals surface area contributed by atoms with Crippen LogP contribution in [0.3, 0.4) is 0 Å². The quantitative estimate of drug-likeness (QED) is 0.561. The molecule has 1 rings (SSSR count). The van der Waals surface area contributed by atoms with E-state index in [2.05, 4.69) is 12.1 Å². The van der Waals surface area contributed by atoms with Crippen LogP contribution in [0.1, 0.15) is 24.8 Å². The molecule has 0 aromatic heterocycles. The molecule has 0 spiro atoms. The molecule has 0 heterocycles. The molecule has 0 radical (unpaired) electrons. The fourth-order valence-electron chi connectivity index (χ4n) is 1.56. The standard InChI is InChI=1S/C13H20O2Si/c1-16(2)15-13(14)11-7-6-10-12-8-4-3-5-9-12/h3-5,8-9,16H,6-7,10-11H2,1-2H3. The summed E-state index contributed by atoms with van der Waals surface area (Å²) in [6, 6.07) is 10.4. The van der Waals surface area contributed by atoms with E-state index in [4.69, 9.17) is 4.43 Å². The summed E-state index contributed by atoms with van der Waals surface area (Å²) in [6.45, 7) is 4.03. The predicted octanol–water partition coefficient (Wildman–Crippen LogP) is 2.93. The maximum atomic E-state index is 11.3. The van der Waals surface area contributed by atoms with Crippen LogP contribution in [-0.4, -0.2) is 15.0 Å². The number of aryl methyl sites for hydroxylation is 1. The van der Waals surface area contributed by atoms with Crippen LogP contribution in [0.2, 0.25) is 13.1 Å². The first kappa shape index (κ1) is 13.0. The number of unbranched alkanes of at least 4 members (excludes halogenated alkanes) is 1. The molecule has 0 N–H and O–H groups in total. The van der Waals surface area contributed by atoms with Gasteiger partial charge in [0.15, 0.2) is 0 Å². The first-order valence-corrected chi connectivity index (χ1v) is 8.70. The zero-order chi connectivity index (χ0) is 11.8. The topological polar surface area (TPSA) is 26.3 Å². The minimum absolute atomic E-state index is 0.0188. The van der Waals surface area contributed by atoms with E-state index in [1.807, 2.05) is 31.3 Å². The lowest BCUT2D eigenvalue weighted by Gasteiger charge is -2.06. The van der Waals surface area contributed by atoms with Gasteiger partial charge in [0.1, 0.15) is 0 Å². The fourth-order valence-corrected chi connectivity index (χ4v) is 2.21. The van der Waals surface area contributed by atoms with Crippen LogP contribution in [0.5, 0.6) is 0 Å². The predicted molar refractivity (Wildman–Crippen MR) is 69.0 cm³/mol. The molecule has 0 aliphatic carbocycles. The van der Waals surface area contributed by atoms with E-state index in [1.54, 1.807) is 0 Å². The highest BCUT2D eigenvalue weighted by Crippen LogP contribution is 2.06. The van der Waals surface area contributed by atoms with E-state index in [0.29, 0.717) is 6.42 Å². The van der Waals surface area contributed by atoms with E-state index < -0.39 is 9.04 Å². The van der Waals surface area contributed by atoms with Gasteiger partial charge in [-0.15, -0.1) is 0 Å². The highest BCUT2D eigenvalue weighted by molar-refractivity contribution is 6.50. The summed E-state index contributed by atoms with van der Waals surface area (Å²) in [7, 11) is -1.19. The van der Waals surface area contributed by atoms with Crippen LogP contribution in [-0.2, 0) is 15.6 Å². The summed E-state index contributed by atoms with van der Waals surface area (Å²) < 4.78 is 5.20. The van der Waals surface area contributed by atoms with Crippen molar-refractivity contribution in [2.45, 2.75) is 38.8 Å². The van der Waals surface area contributed by atoms with Gasteiger partial charge in [-0.05, 0) is 37.9 Å². The molecule has 88 valence electrons. The lowest BCUT2D eigenvalue weighted by Crippen LogP contribution is -2.14. The summed E-state index contributed by atoms with van der Waals surface area (Å²) in [6.07, 6.45) is 3.60. The third-order valence-corrected chi connectivity index (χ3v) is 3.04. The molecule has 0 fully saturated rings. The van der Waals surface area contributed by atoms with Gasteiger partial charge in [0.25, 0.3) is 5.97 Å². The molecule has 16 heavy (non-hydrogen) atoms. The summed E-state index contributed by atoms with van der Waals surface area (Å²) in [5, 5.41) is 0. The molecule has 0 unspecified atom stereocenters. The molecular weight excluding hydrogens is 216 g/mol. The average Bonchev–Trinajstić information content (AvgIpc) is 2.25. The number of carbonyl (C=O) groups is 1. The van der Waals surface area contributed by atoms with Gasteiger partial charge in [0.2, 0.25) is 9.04 Å². The van der Waals surface area contributed by atoms with Crippen molar-refractivity contribution in [1.82, 2.24) is 0 Å². The van der Waals surface area contributed by atoms with E-state index >= 15 is 0 Å². The molecule has 1 aromatic carbocycles. The molecule has 0 amide bonds. The maximum Gasteiger partial charge on any atom is 0.292 e. The Morgan fingerprint density at radius 1 is 1.19 bits per heavy atom. The molecule has 0 saturated heterocycles. The number of carbonyl (C=O) groups excluding carboxylic acids is 1. The normalized spacial score (nSPS) is 10.4. The van der Waals surface area contributed by atoms with Gasteiger partial charge in [0.05, 0.1) is 0 Å². The largest absolute Gasteiger partial charge is 0.523 e. The minimum Gasteiger partial charge on any atom is -0.523 e. The van der Waals surface area contributed by atoms with E-state index in [0.717, 1.165) is 19.3 Å². The minimum atomic E-state index is -1.19. The summed E-state index contributed by atoms with van der Waals surface area (Å²) in [5.41, 5.74) is 1.34. The highest BCUT2D eigenvalue weighted by atomic mass is 28.3. The van der Waals surface area contributed by atoms with E-state index in [-0.39, 0.29) is 5.97 Å². The summed E-state index contributed by atoms with van der Waals surface area (Å²) in [4.78, 5) is 11.3. The van der Waals surface area contributed by atoms with E-state index in [9.17, 15) is 4.79 Å². The zero-order valence-corrected chi connectivity index (χ0v) is 11.3. The van der Waals surface area contributed by atoms with Crippen LogP contribution in [0, 0.1) is 0 Å². The van der Waals surface area contributed by atoms with Crippen molar-refractivity contribution in [3.8, 4) is 0 Å². The number of benzene rings is 1. The Labute approximate surface area is 99.4 Å². The molecule has 0 aliphatic heterocycles. The van der Waals surface area contributed by atoms with Gasteiger partial charge < -0.3 is 4.43 Å². The van der Waals surface area contributed by atoms with Crippen molar-refractivity contribution in [3.05, 3.63) is 35.9 Å². The number of rotatable bonds is 6. The Balaban J connectivity index is 2.10. The van der Waals surface area contributed by atoms with Gasteiger partial charge in [-0.3, -0.25) is 4.79 Å². The Kier molecular flexibility index (Phi) is 5.86. The molecular formula is C13H20O2Si. The van der Waals surface area contributed by atoms with Crippen LogP contribution < -0.4 is 0 Å². The molecule has 0 bridgehead atoms. The average molecular weight is 236 g/mol. The van der Waals surface area contributed by atoms with Gasteiger partial charge >= 0.3 is 0 Å². The molecule has 0 atom stereocenters. The first-order valence-electron chi connectivity index (χ1n) is 5.92. The second-order valence-electron chi connectivity index (χ2n) is 4.23. The van der Waals surface area contributed by atoms with Crippen molar-refractivity contribution in [1.29, 1.82) is 0 Å². The molecule has 2 nitrogen and oxygen atoms in total. The monoisotopic (exact) mass is 236 g/mol. The van der Waals surface area contributed by atoms with Crippen molar-refractivity contribution in [2.75, 3.05) is 0 Å². The smallest absolute Gasteiger partial charge is 0.292 e. The second kappa shape index (κ2) is 7.22. The van der Waals surface area contributed by atoms with E-state index in [1.165, 1.54) is 5.56 Å². The first-order chi connectivity index (χ1) is 7.68. The van der Waals surface area contributed by atoms with Gasteiger partial charge in [-0.1, -0.05) is 30.3 Å². The lowest BCUT2D eigenvalue weighted by molar-refractivity contribution is -0.134. The Morgan fingerprint density at radius 2 is 1.88 bits per heavy atom. The van der Waals surface area contributed by atoms with Crippen LogP contribution >= 0.6 is 0 Å². The lowest BCUT2D eigenvalue weighted by atomic mass is 10.1. The summed E-state index contributed by atoms with van der Waals surface area (Å²) in [5.74, 6) is -0.0188. The van der Waals surface area contributed by atoms with Gasteiger partial charge in [-0.2, -0.15) is 0 Å². The molecule has 1 aromatic rings. The Morgan fingerprint density at radius 3 is 2.50 bits per heavy atom. The van der Waals surface area contributed by atoms with Crippen molar-refractivity contribution in [3.63, 3.8) is 0 Å². The fraction of sp³-hybridized carbons (Fsp3) is 0.462. The van der Waals surface area contributed by atoms with Gasteiger partial charge in [0, 0.05) is 6.42 Å². The van der Waals surface area contributed by atoms with Crippen molar-refractivity contribution >= 4 is 15.0 Å². The maximum absolute atomic E-state index is 11.3. The SMILES string of the molecule is C[SiH](C)OC(=O)CCCCc1ccccc1. The number of hydrogen-bond donors (Lipinski definition) is 0.